The molecule has 1 aliphatic carbocycles. The highest BCUT2D eigenvalue weighted by atomic mass is 19.4. The van der Waals surface area contributed by atoms with Gasteiger partial charge in [0.2, 0.25) is 0 Å². The van der Waals surface area contributed by atoms with Crippen molar-refractivity contribution in [2.45, 2.75) is 38.4 Å². The van der Waals surface area contributed by atoms with Crippen molar-refractivity contribution in [3.8, 4) is 0 Å². The molecule has 2 aromatic carbocycles. The molecule has 0 unspecified atom stereocenters. The summed E-state index contributed by atoms with van der Waals surface area (Å²) < 4.78 is 45.8. The quantitative estimate of drug-likeness (QED) is 0.471. The van der Waals surface area contributed by atoms with E-state index < -0.39 is 17.6 Å². The van der Waals surface area contributed by atoms with Crippen molar-refractivity contribution in [2.75, 3.05) is 10.6 Å². The fourth-order valence-electron chi connectivity index (χ4n) is 4.35. The molecule has 7 heteroatoms. The van der Waals surface area contributed by atoms with Gasteiger partial charge in [0.25, 0.3) is 5.91 Å². The van der Waals surface area contributed by atoms with Crippen LogP contribution in [-0.2, 0) is 30.4 Å². The summed E-state index contributed by atoms with van der Waals surface area (Å²) in [7, 11) is 0. The molecule has 2 N–H and O–H groups in total. The molecule has 2 heterocycles. The van der Waals surface area contributed by atoms with E-state index in [0.717, 1.165) is 60.4 Å². The molecule has 0 saturated carbocycles. The summed E-state index contributed by atoms with van der Waals surface area (Å²) in [6.45, 7) is 0.499. The van der Waals surface area contributed by atoms with E-state index >= 15 is 0 Å². The third kappa shape index (κ3) is 3.79. The van der Waals surface area contributed by atoms with Crippen molar-refractivity contribution in [2.24, 2.45) is 0 Å². The van der Waals surface area contributed by atoms with Crippen LogP contribution in [0.2, 0.25) is 0 Å². The van der Waals surface area contributed by atoms with E-state index in [0.29, 0.717) is 18.0 Å². The second-order valence-electron chi connectivity index (χ2n) is 8.04. The van der Waals surface area contributed by atoms with Gasteiger partial charge in [0, 0.05) is 35.5 Å². The molecule has 3 aromatic rings. The van der Waals surface area contributed by atoms with Gasteiger partial charge in [0.15, 0.2) is 0 Å². The number of amides is 1. The monoisotopic (exact) mass is 438 g/mol. The number of hydrogen-bond acceptors (Lipinski definition) is 3. The minimum atomic E-state index is -4.49. The third-order valence-corrected chi connectivity index (χ3v) is 5.96. The Morgan fingerprint density at radius 1 is 1.06 bits per heavy atom. The number of carbonyl (C=O) groups is 1. The molecule has 0 spiro atoms. The fraction of sp³-hybridized carbons (Fsp3) is 0.240. The normalized spacial score (nSPS) is 16.6. The summed E-state index contributed by atoms with van der Waals surface area (Å²) >= 11 is 0. The standard InChI is InChI=1S/C25H21F3N2O2/c26-25(27,28)15-10-11-21-18(12-15)19(24(31)30-21)13-23-20(14-29-16-6-2-1-3-7-16)17-8-4-5-9-22(17)32-23/h1-3,6-7,10-13,29H,4-5,8-9,14H2,(H,30,31). The maximum Gasteiger partial charge on any atom is 0.416 e. The highest BCUT2D eigenvalue weighted by Crippen LogP contribution is 2.40. The molecule has 0 saturated heterocycles. The van der Waals surface area contributed by atoms with Crippen LogP contribution in [0.3, 0.4) is 0 Å². The first-order valence-corrected chi connectivity index (χ1v) is 10.6. The number of nitrogens with one attached hydrogen (secondary N) is 2. The van der Waals surface area contributed by atoms with Gasteiger partial charge in [0.05, 0.1) is 11.1 Å². The topological polar surface area (TPSA) is 54.3 Å². The summed E-state index contributed by atoms with van der Waals surface area (Å²) in [6, 6.07) is 13.0. The molecule has 0 bridgehead atoms. The fourth-order valence-corrected chi connectivity index (χ4v) is 4.35. The number of rotatable bonds is 4. The summed E-state index contributed by atoms with van der Waals surface area (Å²) in [4.78, 5) is 12.6. The lowest BCUT2D eigenvalue weighted by atomic mass is 9.94. The number of benzene rings is 2. The largest absolute Gasteiger partial charge is 0.461 e. The zero-order valence-electron chi connectivity index (χ0n) is 17.2. The number of fused-ring (bicyclic) bond motifs is 2. The summed E-state index contributed by atoms with van der Waals surface area (Å²) in [5.74, 6) is 0.988. The van der Waals surface area contributed by atoms with E-state index in [4.69, 9.17) is 4.42 Å². The first-order valence-electron chi connectivity index (χ1n) is 10.6. The molecule has 0 fully saturated rings. The Balaban J connectivity index is 1.55. The predicted octanol–water partition coefficient (Wildman–Crippen LogP) is 6.28. The molecular formula is C25H21F3N2O2. The molecule has 0 atom stereocenters. The maximum atomic E-state index is 13.2. The number of halogens is 3. The number of carbonyl (C=O) groups excluding carboxylic acids is 1. The van der Waals surface area contributed by atoms with Crippen LogP contribution < -0.4 is 10.6 Å². The molecule has 5 rings (SSSR count). The second kappa shape index (κ2) is 7.89. The van der Waals surface area contributed by atoms with E-state index in [1.807, 2.05) is 30.3 Å². The van der Waals surface area contributed by atoms with Gasteiger partial charge in [-0.1, -0.05) is 18.2 Å². The average Bonchev–Trinajstić information content (AvgIpc) is 3.29. The van der Waals surface area contributed by atoms with Crippen molar-refractivity contribution in [1.82, 2.24) is 0 Å². The van der Waals surface area contributed by atoms with Gasteiger partial charge < -0.3 is 15.1 Å². The van der Waals surface area contributed by atoms with Crippen LogP contribution in [0.1, 0.15) is 46.6 Å². The van der Waals surface area contributed by atoms with E-state index in [9.17, 15) is 18.0 Å². The number of para-hydroxylation sites is 1. The van der Waals surface area contributed by atoms with Gasteiger partial charge in [-0.3, -0.25) is 4.79 Å². The van der Waals surface area contributed by atoms with E-state index in [-0.39, 0.29) is 11.1 Å². The van der Waals surface area contributed by atoms with Crippen molar-refractivity contribution >= 4 is 28.9 Å². The van der Waals surface area contributed by atoms with Crippen LogP contribution in [0.15, 0.2) is 52.9 Å². The van der Waals surface area contributed by atoms with E-state index in [2.05, 4.69) is 10.6 Å². The Morgan fingerprint density at radius 3 is 2.62 bits per heavy atom. The van der Waals surface area contributed by atoms with Crippen LogP contribution in [0.5, 0.6) is 0 Å². The number of furan rings is 1. The van der Waals surface area contributed by atoms with Crippen LogP contribution in [0, 0.1) is 0 Å². The Labute approximate surface area is 183 Å². The summed E-state index contributed by atoms with van der Waals surface area (Å²) in [5.41, 5.74) is 3.03. The highest BCUT2D eigenvalue weighted by Gasteiger charge is 2.34. The van der Waals surface area contributed by atoms with Crippen molar-refractivity contribution in [3.63, 3.8) is 0 Å². The minimum Gasteiger partial charge on any atom is -0.461 e. The first-order chi connectivity index (χ1) is 15.4. The molecule has 2 aliphatic rings. The second-order valence-corrected chi connectivity index (χ2v) is 8.04. The molecular weight excluding hydrogens is 417 g/mol. The lowest BCUT2D eigenvalue weighted by molar-refractivity contribution is -0.137. The lowest BCUT2D eigenvalue weighted by Gasteiger charge is -2.12. The van der Waals surface area contributed by atoms with Gasteiger partial charge in [-0.15, -0.1) is 0 Å². The molecule has 1 aromatic heterocycles. The number of hydrogen-bond donors (Lipinski definition) is 2. The Bertz CT molecular complexity index is 1210. The predicted molar refractivity (Wildman–Crippen MR) is 117 cm³/mol. The number of anilines is 2. The highest BCUT2D eigenvalue weighted by molar-refractivity contribution is 6.34. The molecule has 1 amide bonds. The third-order valence-electron chi connectivity index (χ3n) is 5.96. The summed E-state index contributed by atoms with van der Waals surface area (Å²) in [5, 5.41) is 6.04. The molecule has 4 nitrogen and oxygen atoms in total. The Hall–Kier alpha value is -3.48. The minimum absolute atomic E-state index is 0.179. The SMILES string of the molecule is O=C1Nc2ccc(C(F)(F)F)cc2C1=Cc1oc2c(c1CNc1ccccc1)CCCC2. The average molecular weight is 438 g/mol. The van der Waals surface area contributed by atoms with Crippen LogP contribution in [0.4, 0.5) is 24.5 Å². The molecule has 1 aliphatic heterocycles. The Morgan fingerprint density at radius 2 is 1.84 bits per heavy atom. The van der Waals surface area contributed by atoms with Crippen molar-refractivity contribution in [1.29, 1.82) is 0 Å². The zero-order valence-corrected chi connectivity index (χ0v) is 17.2. The van der Waals surface area contributed by atoms with Gasteiger partial charge in [-0.25, -0.2) is 0 Å². The van der Waals surface area contributed by atoms with Crippen LogP contribution >= 0.6 is 0 Å². The van der Waals surface area contributed by atoms with Crippen LogP contribution in [-0.4, -0.2) is 5.91 Å². The number of aryl methyl sites for hydroxylation is 1. The number of alkyl halides is 3. The molecule has 32 heavy (non-hydrogen) atoms. The van der Waals surface area contributed by atoms with Gasteiger partial charge in [-0.2, -0.15) is 13.2 Å². The van der Waals surface area contributed by atoms with Crippen molar-refractivity contribution in [3.05, 3.63) is 82.3 Å². The first kappa shape index (κ1) is 20.4. The van der Waals surface area contributed by atoms with Gasteiger partial charge in [-0.05, 0) is 61.2 Å². The zero-order chi connectivity index (χ0) is 22.3. The molecule has 164 valence electrons. The Kier molecular flexibility index (Phi) is 5.04. The lowest BCUT2D eigenvalue weighted by Crippen LogP contribution is -2.06. The van der Waals surface area contributed by atoms with E-state index in [1.54, 1.807) is 6.08 Å². The smallest absolute Gasteiger partial charge is 0.416 e. The van der Waals surface area contributed by atoms with Crippen LogP contribution in [0.25, 0.3) is 11.6 Å². The summed E-state index contributed by atoms with van der Waals surface area (Å²) in [6.07, 6.45) is 0.883. The van der Waals surface area contributed by atoms with E-state index in [1.165, 1.54) is 6.07 Å². The van der Waals surface area contributed by atoms with Gasteiger partial charge in [0.1, 0.15) is 11.5 Å². The maximum absolute atomic E-state index is 13.2. The van der Waals surface area contributed by atoms with Crippen molar-refractivity contribution < 1.29 is 22.4 Å². The molecule has 0 radical (unpaired) electrons. The van der Waals surface area contributed by atoms with Gasteiger partial charge >= 0.3 is 6.18 Å².